The molecule has 1 aromatic heterocycles. The number of imidazole rings is 1. The van der Waals surface area contributed by atoms with Gasteiger partial charge in [0.15, 0.2) is 0 Å². The SMILES string of the molecule is CCn1c(=O)n(CCC(=O)NCc2ccc(C(=O)NCC(N)=O)cc2)c2ccccc21. The van der Waals surface area contributed by atoms with E-state index in [1.54, 1.807) is 33.4 Å². The van der Waals surface area contributed by atoms with Gasteiger partial charge >= 0.3 is 5.69 Å². The van der Waals surface area contributed by atoms with Crippen LogP contribution >= 0.6 is 0 Å². The molecule has 0 bridgehead atoms. The van der Waals surface area contributed by atoms with Crippen LogP contribution in [0.2, 0.25) is 0 Å². The molecule has 0 aliphatic heterocycles. The van der Waals surface area contributed by atoms with Crippen LogP contribution in [0.3, 0.4) is 0 Å². The van der Waals surface area contributed by atoms with Crippen LogP contribution in [-0.2, 0) is 29.2 Å². The Morgan fingerprint density at radius 3 is 2.19 bits per heavy atom. The Balaban J connectivity index is 1.55. The summed E-state index contributed by atoms with van der Waals surface area (Å²) in [6.45, 7) is 2.84. The topological polar surface area (TPSA) is 128 Å². The van der Waals surface area contributed by atoms with Gasteiger partial charge in [-0.3, -0.25) is 23.5 Å². The van der Waals surface area contributed by atoms with E-state index in [1.165, 1.54) is 0 Å². The third-order valence-electron chi connectivity index (χ3n) is 4.93. The number of primary amides is 1. The summed E-state index contributed by atoms with van der Waals surface area (Å²) in [6, 6.07) is 14.2. The molecule has 0 atom stereocenters. The lowest BCUT2D eigenvalue weighted by Gasteiger charge is -2.08. The van der Waals surface area contributed by atoms with E-state index < -0.39 is 11.8 Å². The van der Waals surface area contributed by atoms with Gasteiger partial charge < -0.3 is 16.4 Å². The molecule has 2 aromatic carbocycles. The van der Waals surface area contributed by atoms with Crippen molar-refractivity contribution >= 4 is 28.8 Å². The Kier molecular flexibility index (Phi) is 6.86. The number of benzene rings is 2. The molecule has 3 aromatic rings. The highest BCUT2D eigenvalue weighted by Gasteiger charge is 2.13. The van der Waals surface area contributed by atoms with Crippen molar-refractivity contribution in [3.63, 3.8) is 0 Å². The summed E-state index contributed by atoms with van der Waals surface area (Å²) < 4.78 is 3.31. The van der Waals surface area contributed by atoms with E-state index in [2.05, 4.69) is 10.6 Å². The largest absolute Gasteiger partial charge is 0.368 e. The summed E-state index contributed by atoms with van der Waals surface area (Å²) in [4.78, 5) is 47.5. The maximum atomic E-state index is 12.6. The first-order valence-corrected chi connectivity index (χ1v) is 10.0. The van der Waals surface area contributed by atoms with Crippen molar-refractivity contribution in [3.05, 3.63) is 70.1 Å². The van der Waals surface area contributed by atoms with Gasteiger partial charge in [-0.05, 0) is 36.8 Å². The quantitative estimate of drug-likeness (QED) is 0.469. The number of hydrogen-bond acceptors (Lipinski definition) is 4. The molecule has 0 saturated carbocycles. The minimum absolute atomic E-state index is 0.123. The highest BCUT2D eigenvalue weighted by molar-refractivity contribution is 5.96. The lowest BCUT2D eigenvalue weighted by Crippen LogP contribution is -2.33. The Bertz CT molecular complexity index is 1160. The molecule has 9 nitrogen and oxygen atoms in total. The number of rotatable bonds is 9. The number of carbonyl (C=O) groups is 3. The average molecular weight is 423 g/mol. The number of nitrogens with zero attached hydrogens (tertiary/aromatic N) is 2. The van der Waals surface area contributed by atoms with Crippen molar-refractivity contribution in [1.29, 1.82) is 0 Å². The second-order valence-corrected chi connectivity index (χ2v) is 7.04. The van der Waals surface area contributed by atoms with Gasteiger partial charge in [0.1, 0.15) is 0 Å². The predicted molar refractivity (Wildman–Crippen MR) is 116 cm³/mol. The van der Waals surface area contributed by atoms with Gasteiger partial charge in [0.05, 0.1) is 17.6 Å². The normalized spacial score (nSPS) is 10.7. The molecule has 162 valence electrons. The zero-order chi connectivity index (χ0) is 22.4. The number of nitrogens with one attached hydrogen (secondary N) is 2. The number of aryl methyl sites for hydroxylation is 2. The molecule has 31 heavy (non-hydrogen) atoms. The third-order valence-corrected chi connectivity index (χ3v) is 4.93. The van der Waals surface area contributed by atoms with Crippen LogP contribution in [0.4, 0.5) is 0 Å². The van der Waals surface area contributed by atoms with E-state index in [0.717, 1.165) is 16.6 Å². The fraction of sp³-hybridized carbons (Fsp3) is 0.273. The molecule has 9 heteroatoms. The Morgan fingerprint density at radius 2 is 1.58 bits per heavy atom. The van der Waals surface area contributed by atoms with Crippen molar-refractivity contribution < 1.29 is 14.4 Å². The van der Waals surface area contributed by atoms with E-state index in [-0.39, 0.29) is 31.1 Å². The van der Waals surface area contributed by atoms with Gasteiger partial charge in [-0.15, -0.1) is 0 Å². The highest BCUT2D eigenvalue weighted by atomic mass is 16.2. The minimum atomic E-state index is -0.616. The predicted octanol–water partition coefficient (Wildman–Crippen LogP) is 0.745. The van der Waals surface area contributed by atoms with E-state index >= 15 is 0 Å². The molecule has 0 radical (unpaired) electrons. The monoisotopic (exact) mass is 423 g/mol. The van der Waals surface area contributed by atoms with E-state index in [0.29, 0.717) is 18.7 Å². The van der Waals surface area contributed by atoms with Crippen LogP contribution in [0.1, 0.15) is 29.3 Å². The number of fused-ring (bicyclic) bond motifs is 1. The summed E-state index contributed by atoms with van der Waals surface area (Å²) in [5.74, 6) is -1.19. The number of aromatic nitrogens is 2. The van der Waals surface area contributed by atoms with Crippen LogP contribution < -0.4 is 22.1 Å². The third kappa shape index (κ3) is 5.19. The molecule has 0 unspecified atom stereocenters. The van der Waals surface area contributed by atoms with E-state index in [4.69, 9.17) is 5.73 Å². The molecule has 1 heterocycles. The number of hydrogen-bond donors (Lipinski definition) is 3. The van der Waals surface area contributed by atoms with Crippen molar-refractivity contribution in [2.24, 2.45) is 5.73 Å². The van der Waals surface area contributed by atoms with Crippen LogP contribution in [-0.4, -0.2) is 33.4 Å². The zero-order valence-corrected chi connectivity index (χ0v) is 17.3. The maximum Gasteiger partial charge on any atom is 0.329 e. The van der Waals surface area contributed by atoms with Crippen molar-refractivity contribution in [1.82, 2.24) is 19.8 Å². The van der Waals surface area contributed by atoms with Crippen molar-refractivity contribution in [2.45, 2.75) is 33.0 Å². The first-order chi connectivity index (χ1) is 14.9. The molecular weight excluding hydrogens is 398 g/mol. The Labute approximate surface area is 178 Å². The molecule has 0 aliphatic rings. The Morgan fingerprint density at radius 1 is 0.935 bits per heavy atom. The number of para-hydroxylation sites is 2. The fourth-order valence-electron chi connectivity index (χ4n) is 3.34. The molecule has 3 amide bonds. The van der Waals surface area contributed by atoms with Crippen LogP contribution in [0.25, 0.3) is 11.0 Å². The smallest absolute Gasteiger partial charge is 0.329 e. The molecule has 0 spiro atoms. The van der Waals surface area contributed by atoms with Gasteiger partial charge in [-0.1, -0.05) is 24.3 Å². The van der Waals surface area contributed by atoms with Crippen molar-refractivity contribution in [3.8, 4) is 0 Å². The molecule has 0 saturated heterocycles. The van der Waals surface area contributed by atoms with Gasteiger partial charge in [-0.2, -0.15) is 0 Å². The molecule has 0 fully saturated rings. The second kappa shape index (κ2) is 9.75. The minimum Gasteiger partial charge on any atom is -0.368 e. The van der Waals surface area contributed by atoms with Gasteiger partial charge in [0.2, 0.25) is 11.8 Å². The van der Waals surface area contributed by atoms with Gasteiger partial charge in [0.25, 0.3) is 5.91 Å². The van der Waals surface area contributed by atoms with Gasteiger partial charge in [0, 0.05) is 31.6 Å². The highest BCUT2D eigenvalue weighted by Crippen LogP contribution is 2.13. The second-order valence-electron chi connectivity index (χ2n) is 7.04. The van der Waals surface area contributed by atoms with E-state index in [9.17, 15) is 19.2 Å². The summed E-state index contributed by atoms with van der Waals surface area (Å²) in [5.41, 5.74) is 7.76. The average Bonchev–Trinajstić information content (AvgIpc) is 3.05. The summed E-state index contributed by atoms with van der Waals surface area (Å²) in [5, 5.41) is 5.23. The Hall–Kier alpha value is -3.88. The first-order valence-electron chi connectivity index (χ1n) is 10.0. The molecule has 3 rings (SSSR count). The summed E-state index contributed by atoms with van der Waals surface area (Å²) in [6.07, 6.45) is 0.172. The van der Waals surface area contributed by atoms with Crippen LogP contribution in [0, 0.1) is 0 Å². The van der Waals surface area contributed by atoms with Crippen LogP contribution in [0.15, 0.2) is 53.3 Å². The van der Waals surface area contributed by atoms with Gasteiger partial charge in [-0.25, -0.2) is 4.79 Å². The molecule has 4 N–H and O–H groups in total. The molecule has 0 aliphatic carbocycles. The van der Waals surface area contributed by atoms with Crippen molar-refractivity contribution in [2.75, 3.05) is 6.54 Å². The molecular formula is C22H25N5O4. The first kappa shape index (κ1) is 21.8. The number of amides is 3. The summed E-state index contributed by atoms with van der Waals surface area (Å²) in [7, 11) is 0. The lowest BCUT2D eigenvalue weighted by molar-refractivity contribution is -0.121. The lowest BCUT2D eigenvalue weighted by atomic mass is 10.1. The number of carbonyl (C=O) groups excluding carboxylic acids is 3. The standard InChI is InChI=1S/C22H25N5O4/c1-2-26-17-5-3-4-6-18(17)27(22(26)31)12-11-20(29)24-13-15-7-9-16(10-8-15)21(30)25-14-19(23)28/h3-10H,2,11-14H2,1H3,(H2,23,28)(H,24,29)(H,25,30). The maximum absolute atomic E-state index is 12.6. The summed E-state index contributed by atoms with van der Waals surface area (Å²) >= 11 is 0. The van der Waals surface area contributed by atoms with E-state index in [1.807, 2.05) is 31.2 Å². The van der Waals surface area contributed by atoms with Crippen LogP contribution in [0.5, 0.6) is 0 Å². The zero-order valence-electron chi connectivity index (χ0n) is 17.3. The fourth-order valence-corrected chi connectivity index (χ4v) is 3.34. The number of nitrogens with two attached hydrogens (primary N) is 1.